The Morgan fingerprint density at radius 2 is 1.78 bits per heavy atom. The normalized spacial score (nSPS) is 10.1. The van der Waals surface area contributed by atoms with E-state index in [9.17, 15) is 9.59 Å². The quantitative estimate of drug-likeness (QED) is 0.525. The number of aryl methyl sites for hydroxylation is 1. The van der Waals surface area contributed by atoms with Crippen LogP contribution in [0.5, 0.6) is 0 Å². The summed E-state index contributed by atoms with van der Waals surface area (Å²) in [6, 6.07) is 10.1. The number of carbonyl (C=O) groups is 2. The Morgan fingerprint density at radius 1 is 1.06 bits per heavy atom. The van der Waals surface area contributed by atoms with Crippen LogP contribution in [-0.4, -0.2) is 18.4 Å². The van der Waals surface area contributed by atoms with Crippen LogP contribution in [0, 0.1) is 0 Å². The second-order valence-electron chi connectivity index (χ2n) is 4.37. The fourth-order valence-corrected chi connectivity index (χ4v) is 1.66. The molecule has 0 saturated carbocycles. The Bertz CT molecular complexity index is 371. The average Bonchev–Trinajstić information content (AvgIpc) is 2.35. The molecular formula is C15H20O3. The van der Waals surface area contributed by atoms with Crippen LogP contribution in [0.2, 0.25) is 0 Å². The van der Waals surface area contributed by atoms with Gasteiger partial charge < -0.3 is 9.53 Å². The summed E-state index contributed by atoms with van der Waals surface area (Å²) in [6.45, 7) is 1.99. The molecule has 0 heterocycles. The minimum atomic E-state index is -0.204. The lowest BCUT2D eigenvalue weighted by Gasteiger charge is -2.04. The van der Waals surface area contributed by atoms with E-state index in [0.29, 0.717) is 25.9 Å². The molecule has 1 aromatic rings. The number of ketones is 1. The maximum atomic E-state index is 11.3. The van der Waals surface area contributed by atoms with Gasteiger partial charge in [0.2, 0.25) is 0 Å². The van der Waals surface area contributed by atoms with Crippen molar-refractivity contribution >= 4 is 11.8 Å². The number of rotatable bonds is 8. The molecule has 3 heteroatoms. The van der Waals surface area contributed by atoms with Gasteiger partial charge >= 0.3 is 5.97 Å². The van der Waals surface area contributed by atoms with Crippen LogP contribution in [0.15, 0.2) is 30.3 Å². The van der Waals surface area contributed by atoms with E-state index >= 15 is 0 Å². The van der Waals surface area contributed by atoms with Gasteiger partial charge in [0, 0.05) is 12.8 Å². The van der Waals surface area contributed by atoms with Gasteiger partial charge in [-0.3, -0.25) is 4.79 Å². The molecule has 0 saturated heterocycles. The van der Waals surface area contributed by atoms with Gasteiger partial charge in [0.15, 0.2) is 0 Å². The molecule has 18 heavy (non-hydrogen) atoms. The highest BCUT2D eigenvalue weighted by Gasteiger charge is 2.03. The number of esters is 1. The fraction of sp³-hybridized carbons (Fsp3) is 0.467. The Balaban J connectivity index is 2.04. The largest absolute Gasteiger partial charge is 0.466 e. The molecule has 0 amide bonds. The van der Waals surface area contributed by atoms with E-state index in [4.69, 9.17) is 4.74 Å². The first-order chi connectivity index (χ1) is 8.68. The van der Waals surface area contributed by atoms with Crippen LogP contribution in [-0.2, 0) is 20.7 Å². The van der Waals surface area contributed by atoms with E-state index < -0.39 is 0 Å². The third-order valence-electron chi connectivity index (χ3n) is 2.63. The van der Waals surface area contributed by atoms with Crippen molar-refractivity contribution in [3.05, 3.63) is 35.9 Å². The summed E-state index contributed by atoms with van der Waals surface area (Å²) in [5.41, 5.74) is 1.25. The molecule has 1 rings (SSSR count). The third kappa shape index (κ3) is 6.84. The minimum absolute atomic E-state index is 0.117. The third-order valence-corrected chi connectivity index (χ3v) is 2.63. The Kier molecular flexibility index (Phi) is 6.77. The summed E-state index contributed by atoms with van der Waals surface area (Å²) >= 11 is 0. The molecule has 0 radical (unpaired) electrons. The molecule has 0 spiro atoms. The first-order valence-electron chi connectivity index (χ1n) is 6.37. The van der Waals surface area contributed by atoms with Crippen LogP contribution in [0.25, 0.3) is 0 Å². The maximum Gasteiger partial charge on any atom is 0.305 e. The van der Waals surface area contributed by atoms with Crippen LogP contribution in [0.4, 0.5) is 0 Å². The topological polar surface area (TPSA) is 43.4 Å². The molecule has 0 N–H and O–H groups in total. The Hall–Kier alpha value is -1.64. The maximum absolute atomic E-state index is 11.3. The zero-order valence-electron chi connectivity index (χ0n) is 10.9. The number of Topliss-reactive ketones (excluding diaryl/α,β-unsaturated/α-hetero) is 1. The summed E-state index contributed by atoms with van der Waals surface area (Å²) in [7, 11) is 0. The standard InChI is InChI=1S/C15H20O3/c1-13(16)7-5-11-15(17)18-12-6-10-14-8-3-2-4-9-14/h2-4,8-9H,5-7,10-12H2,1H3. The van der Waals surface area contributed by atoms with Crippen LogP contribution in [0.3, 0.4) is 0 Å². The van der Waals surface area contributed by atoms with E-state index in [1.807, 2.05) is 18.2 Å². The molecule has 0 aromatic heterocycles. The second-order valence-corrected chi connectivity index (χ2v) is 4.37. The molecule has 0 aliphatic rings. The van der Waals surface area contributed by atoms with Crippen molar-refractivity contribution in [1.29, 1.82) is 0 Å². The highest BCUT2D eigenvalue weighted by Crippen LogP contribution is 2.03. The molecular weight excluding hydrogens is 228 g/mol. The van der Waals surface area contributed by atoms with Crippen molar-refractivity contribution in [2.45, 2.75) is 39.0 Å². The number of hydrogen-bond acceptors (Lipinski definition) is 3. The summed E-state index contributed by atoms with van der Waals surface area (Å²) in [6.07, 6.45) is 3.14. The van der Waals surface area contributed by atoms with Gasteiger partial charge in [-0.2, -0.15) is 0 Å². The molecule has 0 atom stereocenters. The van der Waals surface area contributed by atoms with Gasteiger partial charge in [-0.15, -0.1) is 0 Å². The highest BCUT2D eigenvalue weighted by molar-refractivity contribution is 5.76. The zero-order chi connectivity index (χ0) is 13.2. The lowest BCUT2D eigenvalue weighted by atomic mass is 10.1. The first-order valence-corrected chi connectivity index (χ1v) is 6.37. The molecule has 1 aromatic carbocycles. The molecule has 0 bridgehead atoms. The van der Waals surface area contributed by atoms with E-state index in [1.165, 1.54) is 12.5 Å². The van der Waals surface area contributed by atoms with Crippen molar-refractivity contribution in [1.82, 2.24) is 0 Å². The van der Waals surface area contributed by atoms with Gasteiger partial charge in [0.25, 0.3) is 0 Å². The lowest BCUT2D eigenvalue weighted by Crippen LogP contribution is -2.07. The molecule has 0 aliphatic carbocycles. The van der Waals surface area contributed by atoms with Gasteiger partial charge in [-0.25, -0.2) is 0 Å². The second kappa shape index (κ2) is 8.45. The van der Waals surface area contributed by atoms with E-state index in [1.54, 1.807) is 0 Å². The van der Waals surface area contributed by atoms with Crippen molar-refractivity contribution < 1.29 is 14.3 Å². The summed E-state index contributed by atoms with van der Waals surface area (Å²) in [4.78, 5) is 22.0. The van der Waals surface area contributed by atoms with Crippen LogP contribution < -0.4 is 0 Å². The molecule has 0 fully saturated rings. The van der Waals surface area contributed by atoms with Crippen LogP contribution >= 0.6 is 0 Å². The van der Waals surface area contributed by atoms with Crippen molar-refractivity contribution in [3.8, 4) is 0 Å². The van der Waals surface area contributed by atoms with E-state index in [2.05, 4.69) is 12.1 Å². The fourth-order valence-electron chi connectivity index (χ4n) is 1.66. The van der Waals surface area contributed by atoms with Gasteiger partial charge in [-0.1, -0.05) is 30.3 Å². The minimum Gasteiger partial charge on any atom is -0.466 e. The van der Waals surface area contributed by atoms with Crippen LogP contribution in [0.1, 0.15) is 38.2 Å². The highest BCUT2D eigenvalue weighted by atomic mass is 16.5. The van der Waals surface area contributed by atoms with Crippen molar-refractivity contribution in [2.75, 3.05) is 6.61 Å². The molecule has 3 nitrogen and oxygen atoms in total. The number of benzene rings is 1. The summed E-state index contributed by atoms with van der Waals surface area (Å²) in [5, 5.41) is 0. The lowest BCUT2D eigenvalue weighted by molar-refractivity contribution is -0.143. The number of ether oxygens (including phenoxy) is 1. The molecule has 98 valence electrons. The molecule has 0 unspecified atom stereocenters. The van der Waals surface area contributed by atoms with Gasteiger partial charge in [-0.05, 0) is 31.7 Å². The molecule has 0 aliphatic heterocycles. The SMILES string of the molecule is CC(=O)CCCC(=O)OCCCc1ccccc1. The Morgan fingerprint density at radius 3 is 2.44 bits per heavy atom. The predicted molar refractivity (Wildman–Crippen MR) is 70.3 cm³/mol. The summed E-state index contributed by atoms with van der Waals surface area (Å²) in [5.74, 6) is -0.0869. The number of hydrogen-bond donors (Lipinski definition) is 0. The Labute approximate surface area is 108 Å². The zero-order valence-corrected chi connectivity index (χ0v) is 10.9. The smallest absolute Gasteiger partial charge is 0.305 e. The van der Waals surface area contributed by atoms with Gasteiger partial charge in [0.05, 0.1) is 6.61 Å². The number of carbonyl (C=O) groups excluding carboxylic acids is 2. The monoisotopic (exact) mass is 248 g/mol. The average molecular weight is 248 g/mol. The van der Waals surface area contributed by atoms with E-state index in [0.717, 1.165) is 12.8 Å². The first kappa shape index (κ1) is 14.4. The summed E-state index contributed by atoms with van der Waals surface area (Å²) < 4.78 is 5.10. The van der Waals surface area contributed by atoms with E-state index in [-0.39, 0.29) is 11.8 Å². The van der Waals surface area contributed by atoms with Crippen molar-refractivity contribution in [3.63, 3.8) is 0 Å². The van der Waals surface area contributed by atoms with Gasteiger partial charge in [0.1, 0.15) is 5.78 Å². The van der Waals surface area contributed by atoms with Crippen molar-refractivity contribution in [2.24, 2.45) is 0 Å². The predicted octanol–water partition coefficient (Wildman–Crippen LogP) is 2.92.